The Bertz CT molecular complexity index is 380. The third-order valence-electron chi connectivity index (χ3n) is 2.51. The van der Waals surface area contributed by atoms with Gasteiger partial charge in [-0.2, -0.15) is 0 Å². The van der Waals surface area contributed by atoms with E-state index in [0.717, 1.165) is 22.4 Å². The van der Waals surface area contributed by atoms with E-state index < -0.39 is 0 Å². The number of hydrogen-bond acceptors (Lipinski definition) is 2. The number of hydrogen-bond donors (Lipinski definition) is 1. The fourth-order valence-electron chi connectivity index (χ4n) is 1.59. The summed E-state index contributed by atoms with van der Waals surface area (Å²) in [5.74, 6) is 0.355. The van der Waals surface area contributed by atoms with E-state index in [1.807, 2.05) is 45.9 Å². The van der Waals surface area contributed by atoms with Gasteiger partial charge >= 0.3 is 0 Å². The van der Waals surface area contributed by atoms with Crippen LogP contribution in [0, 0.1) is 5.92 Å². The molecule has 2 nitrogen and oxygen atoms in total. The molecule has 0 bridgehead atoms. The summed E-state index contributed by atoms with van der Waals surface area (Å²) in [6.07, 6.45) is 7.60. The lowest BCUT2D eigenvalue weighted by molar-refractivity contribution is 0.881. The summed E-state index contributed by atoms with van der Waals surface area (Å²) in [4.78, 5) is 4.29. The van der Waals surface area contributed by atoms with Crippen molar-refractivity contribution >= 4 is 5.71 Å². The van der Waals surface area contributed by atoms with Crippen LogP contribution in [-0.4, -0.2) is 12.8 Å². The minimum absolute atomic E-state index is 0.355. The Labute approximate surface area is 119 Å². The van der Waals surface area contributed by atoms with Crippen LogP contribution in [0.2, 0.25) is 0 Å². The lowest BCUT2D eigenvalue weighted by Crippen LogP contribution is -2.11. The van der Waals surface area contributed by atoms with Gasteiger partial charge in [0.05, 0.1) is 0 Å². The molecular weight excluding hydrogens is 232 g/mol. The molecule has 0 heterocycles. The Hall–Kier alpha value is -1.57. The minimum Gasteiger partial charge on any atom is -0.404 e. The van der Waals surface area contributed by atoms with Gasteiger partial charge in [-0.05, 0) is 37.0 Å². The van der Waals surface area contributed by atoms with E-state index in [0.29, 0.717) is 5.92 Å². The van der Waals surface area contributed by atoms with Crippen molar-refractivity contribution in [3.05, 3.63) is 47.7 Å². The van der Waals surface area contributed by atoms with E-state index in [1.54, 1.807) is 13.2 Å². The summed E-state index contributed by atoms with van der Waals surface area (Å²) < 4.78 is 0. The van der Waals surface area contributed by atoms with Crippen LogP contribution in [0.1, 0.15) is 41.5 Å². The summed E-state index contributed by atoms with van der Waals surface area (Å²) in [5, 5.41) is 0. The second-order valence-corrected chi connectivity index (χ2v) is 4.24. The van der Waals surface area contributed by atoms with Crippen LogP contribution >= 0.6 is 0 Å². The summed E-state index contributed by atoms with van der Waals surface area (Å²) >= 11 is 0. The molecule has 108 valence electrons. The summed E-state index contributed by atoms with van der Waals surface area (Å²) in [5.41, 5.74) is 9.74. The van der Waals surface area contributed by atoms with Crippen molar-refractivity contribution in [1.82, 2.24) is 0 Å². The van der Waals surface area contributed by atoms with Crippen LogP contribution < -0.4 is 5.73 Å². The first-order chi connectivity index (χ1) is 8.97. The first-order valence-corrected chi connectivity index (χ1v) is 6.87. The van der Waals surface area contributed by atoms with E-state index in [9.17, 15) is 0 Å². The second kappa shape index (κ2) is 11.5. The van der Waals surface area contributed by atoms with Crippen molar-refractivity contribution in [2.24, 2.45) is 16.6 Å². The normalized spacial score (nSPS) is 13.6. The van der Waals surface area contributed by atoms with Crippen molar-refractivity contribution < 1.29 is 0 Å². The van der Waals surface area contributed by atoms with Crippen LogP contribution in [-0.2, 0) is 0 Å². The number of nitrogens with two attached hydrogens (primary N) is 1. The van der Waals surface area contributed by atoms with E-state index in [4.69, 9.17) is 5.73 Å². The summed E-state index contributed by atoms with van der Waals surface area (Å²) in [6, 6.07) is 0. The van der Waals surface area contributed by atoms with Gasteiger partial charge < -0.3 is 5.73 Å². The van der Waals surface area contributed by atoms with Crippen LogP contribution in [0.25, 0.3) is 0 Å². The predicted molar refractivity (Wildman–Crippen MR) is 89.5 cm³/mol. The van der Waals surface area contributed by atoms with Crippen molar-refractivity contribution in [2.75, 3.05) is 7.05 Å². The molecule has 0 saturated carbocycles. The molecule has 0 aliphatic heterocycles. The zero-order chi connectivity index (χ0) is 15.4. The molecule has 0 amide bonds. The Morgan fingerprint density at radius 3 is 2.11 bits per heavy atom. The average molecular weight is 262 g/mol. The SMILES string of the molecule is C=C(/C=C\C)/C(C)=C/C(=C/N)C(=NC)C(C)C.CC. The largest absolute Gasteiger partial charge is 0.404 e. The topological polar surface area (TPSA) is 38.4 Å². The lowest BCUT2D eigenvalue weighted by atomic mass is 9.97. The van der Waals surface area contributed by atoms with Gasteiger partial charge in [0.1, 0.15) is 0 Å². The first kappa shape index (κ1) is 19.8. The zero-order valence-electron chi connectivity index (χ0n) is 13.6. The molecule has 0 saturated heterocycles. The maximum atomic E-state index is 5.67. The van der Waals surface area contributed by atoms with Gasteiger partial charge in [0, 0.05) is 24.5 Å². The molecule has 0 atom stereocenters. The van der Waals surface area contributed by atoms with Gasteiger partial charge in [0.25, 0.3) is 0 Å². The van der Waals surface area contributed by atoms with Gasteiger partial charge in [-0.25, -0.2) is 0 Å². The molecule has 0 aliphatic carbocycles. The van der Waals surface area contributed by atoms with Gasteiger partial charge in [-0.1, -0.05) is 46.4 Å². The molecule has 0 aromatic heterocycles. The summed E-state index contributed by atoms with van der Waals surface area (Å²) in [6.45, 7) is 16.2. The monoisotopic (exact) mass is 262 g/mol. The lowest BCUT2D eigenvalue weighted by Gasteiger charge is -2.11. The Morgan fingerprint density at radius 1 is 1.26 bits per heavy atom. The quantitative estimate of drug-likeness (QED) is 0.568. The molecule has 0 unspecified atom stereocenters. The van der Waals surface area contributed by atoms with Crippen molar-refractivity contribution in [1.29, 1.82) is 0 Å². The zero-order valence-corrected chi connectivity index (χ0v) is 13.6. The van der Waals surface area contributed by atoms with Gasteiger partial charge in [0.2, 0.25) is 0 Å². The molecule has 0 aliphatic rings. The van der Waals surface area contributed by atoms with E-state index >= 15 is 0 Å². The fourth-order valence-corrected chi connectivity index (χ4v) is 1.59. The predicted octanol–water partition coefficient (Wildman–Crippen LogP) is 4.66. The molecule has 0 spiro atoms. The number of nitrogens with zero attached hydrogens (tertiary/aromatic N) is 1. The highest BCUT2D eigenvalue weighted by molar-refractivity contribution is 6.03. The molecule has 2 heteroatoms. The Morgan fingerprint density at radius 2 is 1.79 bits per heavy atom. The van der Waals surface area contributed by atoms with Crippen LogP contribution in [0.5, 0.6) is 0 Å². The van der Waals surface area contributed by atoms with Gasteiger partial charge in [-0.3, -0.25) is 4.99 Å². The smallest absolute Gasteiger partial charge is 0.0457 e. The molecule has 2 N–H and O–H groups in total. The molecule has 0 rings (SSSR count). The average Bonchev–Trinajstić information content (AvgIpc) is 2.40. The second-order valence-electron chi connectivity index (χ2n) is 4.24. The highest BCUT2D eigenvalue weighted by atomic mass is 14.7. The summed E-state index contributed by atoms with van der Waals surface area (Å²) in [7, 11) is 1.79. The molecule has 0 aromatic rings. The third-order valence-corrected chi connectivity index (χ3v) is 2.51. The molecule has 19 heavy (non-hydrogen) atoms. The highest BCUT2D eigenvalue weighted by Crippen LogP contribution is 2.15. The molecule has 0 radical (unpaired) electrons. The van der Waals surface area contributed by atoms with Crippen molar-refractivity contribution in [3.63, 3.8) is 0 Å². The van der Waals surface area contributed by atoms with Crippen molar-refractivity contribution in [2.45, 2.75) is 41.5 Å². The van der Waals surface area contributed by atoms with Gasteiger partial charge in [-0.15, -0.1) is 0 Å². The third kappa shape index (κ3) is 7.45. The highest BCUT2D eigenvalue weighted by Gasteiger charge is 2.08. The number of allylic oxidation sites excluding steroid dienone is 6. The van der Waals surface area contributed by atoms with Crippen molar-refractivity contribution in [3.8, 4) is 0 Å². The Kier molecular flexibility index (Phi) is 12.0. The first-order valence-electron chi connectivity index (χ1n) is 6.87. The maximum Gasteiger partial charge on any atom is 0.0457 e. The van der Waals surface area contributed by atoms with Crippen LogP contribution in [0.3, 0.4) is 0 Å². The Balaban J connectivity index is 0. The number of aliphatic imine (C=N–C) groups is 1. The van der Waals surface area contributed by atoms with Crippen LogP contribution in [0.15, 0.2) is 52.7 Å². The molecule has 0 aromatic carbocycles. The molecular formula is C17H30N2. The van der Waals surface area contributed by atoms with E-state index in [2.05, 4.69) is 25.4 Å². The van der Waals surface area contributed by atoms with E-state index in [-0.39, 0.29) is 0 Å². The maximum absolute atomic E-state index is 5.67. The molecule has 0 fully saturated rings. The van der Waals surface area contributed by atoms with Crippen LogP contribution in [0.4, 0.5) is 0 Å². The van der Waals surface area contributed by atoms with E-state index in [1.165, 1.54) is 0 Å². The standard InChI is InChI=1S/C15H24N2.C2H6/c1-7-8-12(4)13(5)9-14(10-16)15(17-6)11(2)3;1-2/h7-11H,4,16H2,1-3,5-6H3;1-2H3/b8-7-,13-9+,14-10-,17-15?;. The number of rotatable bonds is 5. The fraction of sp³-hybridized carbons (Fsp3) is 0.471. The van der Waals surface area contributed by atoms with Gasteiger partial charge in [0.15, 0.2) is 0 Å². The minimum atomic E-state index is 0.355.